The average Bonchev–Trinajstić information content (AvgIpc) is 2.82. The summed E-state index contributed by atoms with van der Waals surface area (Å²) in [4.78, 5) is 0. The lowest BCUT2D eigenvalue weighted by atomic mass is 9.90. The Bertz CT molecular complexity index is 574. The number of aryl methyl sites for hydroxylation is 1. The minimum absolute atomic E-state index is 0.890. The summed E-state index contributed by atoms with van der Waals surface area (Å²) >= 11 is 0. The first-order valence-electron chi connectivity index (χ1n) is 6.32. The van der Waals surface area contributed by atoms with Gasteiger partial charge in [-0.25, -0.2) is 0 Å². The lowest BCUT2D eigenvalue weighted by molar-refractivity contribution is 0.415. The van der Waals surface area contributed by atoms with Crippen molar-refractivity contribution in [2.24, 2.45) is 0 Å². The summed E-state index contributed by atoms with van der Waals surface area (Å²) < 4.78 is 5.30. The number of anilines is 1. The van der Waals surface area contributed by atoms with Crippen molar-refractivity contribution in [3.8, 4) is 17.0 Å². The van der Waals surface area contributed by atoms with E-state index in [0.717, 1.165) is 36.6 Å². The van der Waals surface area contributed by atoms with Gasteiger partial charge >= 0.3 is 0 Å². The van der Waals surface area contributed by atoms with E-state index in [-0.39, 0.29) is 0 Å². The zero-order valence-electron chi connectivity index (χ0n) is 10.7. The Kier molecular flexibility index (Phi) is 2.70. The molecule has 0 saturated heterocycles. The maximum absolute atomic E-state index is 5.30. The van der Waals surface area contributed by atoms with Gasteiger partial charge in [-0.3, -0.25) is 5.10 Å². The Morgan fingerprint density at radius 3 is 3.06 bits per heavy atom. The van der Waals surface area contributed by atoms with E-state index in [1.165, 1.54) is 16.7 Å². The van der Waals surface area contributed by atoms with Gasteiger partial charge in [0.2, 0.25) is 0 Å². The summed E-state index contributed by atoms with van der Waals surface area (Å²) in [7, 11) is 1.70. The van der Waals surface area contributed by atoms with Gasteiger partial charge in [-0.15, -0.1) is 0 Å². The minimum atomic E-state index is 0.890. The van der Waals surface area contributed by atoms with Crippen LogP contribution in [0.2, 0.25) is 0 Å². The fraction of sp³-hybridized carbons (Fsp3) is 0.357. The molecule has 0 amide bonds. The first-order chi connectivity index (χ1) is 8.83. The monoisotopic (exact) mass is 243 g/mol. The third-order valence-electron chi connectivity index (χ3n) is 3.44. The van der Waals surface area contributed by atoms with Crippen molar-refractivity contribution in [1.29, 1.82) is 0 Å². The molecule has 0 aliphatic heterocycles. The van der Waals surface area contributed by atoms with Crippen LogP contribution in [0, 0.1) is 0 Å². The third kappa shape index (κ3) is 1.65. The molecule has 2 aromatic rings. The lowest BCUT2D eigenvalue weighted by Crippen LogP contribution is -2.06. The van der Waals surface area contributed by atoms with Gasteiger partial charge in [0.1, 0.15) is 5.75 Å². The molecule has 0 saturated carbocycles. The number of methoxy groups -OCH3 is 1. The Hall–Kier alpha value is -1.97. The van der Waals surface area contributed by atoms with Crippen LogP contribution in [0.25, 0.3) is 11.3 Å². The summed E-state index contributed by atoms with van der Waals surface area (Å²) in [5.41, 5.74) is 4.99. The van der Waals surface area contributed by atoms with Crippen LogP contribution in [0.4, 0.5) is 5.82 Å². The Labute approximate surface area is 106 Å². The summed E-state index contributed by atoms with van der Waals surface area (Å²) in [6.07, 6.45) is 2.09. The van der Waals surface area contributed by atoms with Gasteiger partial charge < -0.3 is 10.1 Å². The zero-order chi connectivity index (χ0) is 12.5. The van der Waals surface area contributed by atoms with E-state index in [0.29, 0.717) is 0 Å². The van der Waals surface area contributed by atoms with Crippen LogP contribution in [0.15, 0.2) is 18.2 Å². The van der Waals surface area contributed by atoms with E-state index in [1.807, 2.05) is 6.07 Å². The number of nitrogens with one attached hydrogen (secondary N) is 2. The number of hydrogen-bond acceptors (Lipinski definition) is 3. The molecule has 0 radical (unpaired) electrons. The predicted octanol–water partition coefficient (Wildman–Crippen LogP) is 2.62. The molecule has 1 heterocycles. The van der Waals surface area contributed by atoms with E-state index >= 15 is 0 Å². The number of aromatic amines is 1. The summed E-state index contributed by atoms with van der Waals surface area (Å²) in [5.74, 6) is 1.88. The maximum atomic E-state index is 5.30. The molecule has 1 aromatic carbocycles. The fourth-order valence-electron chi connectivity index (χ4n) is 2.54. The Morgan fingerprint density at radius 1 is 1.39 bits per heavy atom. The van der Waals surface area contributed by atoms with Gasteiger partial charge in [0.25, 0.3) is 0 Å². The van der Waals surface area contributed by atoms with Crippen LogP contribution in [0.1, 0.15) is 18.1 Å². The van der Waals surface area contributed by atoms with E-state index in [2.05, 4.69) is 34.6 Å². The van der Waals surface area contributed by atoms with Crippen molar-refractivity contribution >= 4 is 5.82 Å². The van der Waals surface area contributed by atoms with Crippen LogP contribution in [-0.4, -0.2) is 23.9 Å². The number of hydrogen-bond donors (Lipinski definition) is 2. The van der Waals surface area contributed by atoms with E-state index in [1.54, 1.807) is 7.11 Å². The van der Waals surface area contributed by atoms with Crippen LogP contribution in [0.3, 0.4) is 0 Å². The normalized spacial score (nSPS) is 12.8. The van der Waals surface area contributed by atoms with Crippen LogP contribution < -0.4 is 10.1 Å². The largest absolute Gasteiger partial charge is 0.497 e. The third-order valence-corrected chi connectivity index (χ3v) is 3.44. The number of ether oxygens (including phenoxy) is 1. The quantitative estimate of drug-likeness (QED) is 0.871. The van der Waals surface area contributed by atoms with Crippen LogP contribution >= 0.6 is 0 Å². The van der Waals surface area contributed by atoms with Gasteiger partial charge in [-0.2, -0.15) is 5.10 Å². The number of H-pyrrole nitrogens is 1. The van der Waals surface area contributed by atoms with E-state index in [4.69, 9.17) is 4.74 Å². The highest BCUT2D eigenvalue weighted by Crippen LogP contribution is 2.37. The number of fused-ring (bicyclic) bond motifs is 3. The highest BCUT2D eigenvalue weighted by atomic mass is 16.5. The summed E-state index contributed by atoms with van der Waals surface area (Å²) in [6, 6.07) is 6.25. The van der Waals surface area contributed by atoms with Gasteiger partial charge in [-0.05, 0) is 37.5 Å². The minimum Gasteiger partial charge on any atom is -0.497 e. The smallest absolute Gasteiger partial charge is 0.151 e. The van der Waals surface area contributed by atoms with Crippen molar-refractivity contribution in [2.45, 2.75) is 19.8 Å². The molecule has 0 spiro atoms. The average molecular weight is 243 g/mol. The van der Waals surface area contributed by atoms with Crippen molar-refractivity contribution in [3.05, 3.63) is 29.3 Å². The molecule has 0 unspecified atom stereocenters. The first-order valence-corrected chi connectivity index (χ1v) is 6.32. The van der Waals surface area contributed by atoms with Gasteiger partial charge in [0.15, 0.2) is 5.82 Å². The molecule has 1 aliphatic rings. The predicted molar refractivity (Wildman–Crippen MR) is 72.1 cm³/mol. The van der Waals surface area contributed by atoms with E-state index < -0.39 is 0 Å². The van der Waals surface area contributed by atoms with Gasteiger partial charge in [0.05, 0.1) is 12.8 Å². The fourth-order valence-corrected chi connectivity index (χ4v) is 2.54. The van der Waals surface area contributed by atoms with Crippen molar-refractivity contribution in [1.82, 2.24) is 10.2 Å². The van der Waals surface area contributed by atoms with E-state index in [9.17, 15) is 0 Å². The van der Waals surface area contributed by atoms with Gasteiger partial charge in [-0.1, -0.05) is 6.07 Å². The van der Waals surface area contributed by atoms with Gasteiger partial charge in [0, 0.05) is 17.7 Å². The van der Waals surface area contributed by atoms with Crippen molar-refractivity contribution < 1.29 is 4.74 Å². The SMILES string of the molecule is CCNc1n[nH]c2c1CCc1ccc(OC)cc1-2. The van der Waals surface area contributed by atoms with Crippen LogP contribution in [-0.2, 0) is 12.8 Å². The molecule has 0 fully saturated rings. The Morgan fingerprint density at radius 2 is 2.28 bits per heavy atom. The summed E-state index contributed by atoms with van der Waals surface area (Å²) in [5, 5.41) is 10.8. The molecule has 0 bridgehead atoms. The second-order valence-corrected chi connectivity index (χ2v) is 4.48. The maximum Gasteiger partial charge on any atom is 0.151 e. The molecule has 1 aromatic heterocycles. The topological polar surface area (TPSA) is 49.9 Å². The number of rotatable bonds is 3. The molecule has 18 heavy (non-hydrogen) atoms. The second kappa shape index (κ2) is 4.37. The number of nitrogens with zero attached hydrogens (tertiary/aromatic N) is 1. The molecular formula is C14H17N3O. The molecule has 4 heteroatoms. The molecule has 1 aliphatic carbocycles. The standard InChI is InChI=1S/C14H17N3O/c1-3-15-14-11-7-5-9-4-6-10(18-2)8-12(9)13(11)16-17-14/h4,6,8H,3,5,7H2,1-2H3,(H2,15,16,17). The van der Waals surface area contributed by atoms with Crippen molar-refractivity contribution in [3.63, 3.8) is 0 Å². The molecule has 0 atom stereocenters. The van der Waals surface area contributed by atoms with Crippen molar-refractivity contribution in [2.75, 3.05) is 19.0 Å². The van der Waals surface area contributed by atoms with Crippen LogP contribution in [0.5, 0.6) is 5.75 Å². The Balaban J connectivity index is 2.10. The molecule has 3 rings (SSSR count). The summed E-state index contributed by atoms with van der Waals surface area (Å²) in [6.45, 7) is 2.98. The number of benzene rings is 1. The highest BCUT2D eigenvalue weighted by Gasteiger charge is 2.21. The number of aromatic nitrogens is 2. The zero-order valence-corrected chi connectivity index (χ0v) is 10.7. The lowest BCUT2D eigenvalue weighted by Gasteiger charge is -2.17. The molecule has 94 valence electrons. The molecular weight excluding hydrogens is 226 g/mol. The molecule has 4 nitrogen and oxygen atoms in total. The first kappa shape index (κ1) is 11.1. The molecule has 2 N–H and O–H groups in total. The highest BCUT2D eigenvalue weighted by molar-refractivity contribution is 5.75. The second-order valence-electron chi connectivity index (χ2n) is 4.48.